The van der Waals surface area contributed by atoms with Crippen LogP contribution in [0.3, 0.4) is 0 Å². The molecule has 0 saturated carbocycles. The molecule has 27 heavy (non-hydrogen) atoms. The van der Waals surface area contributed by atoms with Gasteiger partial charge in [-0.3, -0.25) is 4.99 Å². The predicted molar refractivity (Wildman–Crippen MR) is 120 cm³/mol. The molecule has 1 aromatic rings. The highest BCUT2D eigenvalue weighted by Gasteiger charge is 2.34. The SMILES string of the molecule is CCNC(=NCC1(CCO)CCOC1)NCC(C)c1ccccc1OC.I. The lowest BCUT2D eigenvalue weighted by Crippen LogP contribution is -2.40. The van der Waals surface area contributed by atoms with Gasteiger partial charge in [-0.2, -0.15) is 0 Å². The normalized spacial score (nSPS) is 20.7. The zero-order valence-electron chi connectivity index (χ0n) is 16.7. The molecule has 0 aliphatic carbocycles. The van der Waals surface area contributed by atoms with Crippen molar-refractivity contribution in [3.05, 3.63) is 29.8 Å². The van der Waals surface area contributed by atoms with E-state index in [0.717, 1.165) is 44.2 Å². The van der Waals surface area contributed by atoms with Crippen LogP contribution in [0.15, 0.2) is 29.3 Å². The van der Waals surface area contributed by atoms with Crippen LogP contribution >= 0.6 is 24.0 Å². The number of ether oxygens (including phenoxy) is 2. The first-order valence-electron chi connectivity index (χ1n) is 9.48. The molecular formula is C20H34IN3O3. The van der Waals surface area contributed by atoms with Crippen molar-refractivity contribution in [1.29, 1.82) is 0 Å². The maximum atomic E-state index is 9.36. The Kier molecular flexibility index (Phi) is 11.0. The van der Waals surface area contributed by atoms with Crippen molar-refractivity contribution in [2.75, 3.05) is 46.6 Å². The highest BCUT2D eigenvalue weighted by atomic mass is 127. The molecule has 0 spiro atoms. The van der Waals surface area contributed by atoms with Crippen LogP contribution < -0.4 is 15.4 Å². The fourth-order valence-corrected chi connectivity index (χ4v) is 3.31. The van der Waals surface area contributed by atoms with Crippen LogP contribution in [0.1, 0.15) is 38.2 Å². The van der Waals surface area contributed by atoms with Gasteiger partial charge in [0.1, 0.15) is 5.75 Å². The van der Waals surface area contributed by atoms with E-state index in [0.29, 0.717) is 13.2 Å². The van der Waals surface area contributed by atoms with E-state index in [1.54, 1.807) is 7.11 Å². The molecule has 0 aromatic heterocycles. The third kappa shape index (κ3) is 7.12. The third-order valence-electron chi connectivity index (χ3n) is 4.99. The molecule has 0 radical (unpaired) electrons. The van der Waals surface area contributed by atoms with Crippen molar-refractivity contribution in [1.82, 2.24) is 10.6 Å². The largest absolute Gasteiger partial charge is 0.496 e. The zero-order chi connectivity index (χ0) is 18.8. The van der Waals surface area contributed by atoms with Gasteiger partial charge in [0.2, 0.25) is 0 Å². The van der Waals surface area contributed by atoms with Crippen molar-refractivity contribution >= 4 is 29.9 Å². The average molecular weight is 491 g/mol. The van der Waals surface area contributed by atoms with E-state index in [2.05, 4.69) is 30.5 Å². The second kappa shape index (κ2) is 12.4. The van der Waals surface area contributed by atoms with Gasteiger partial charge in [-0.05, 0) is 31.4 Å². The summed E-state index contributed by atoms with van der Waals surface area (Å²) in [5.41, 5.74) is 1.14. The van der Waals surface area contributed by atoms with Crippen molar-refractivity contribution in [2.24, 2.45) is 10.4 Å². The molecule has 2 rings (SSSR count). The Balaban J connectivity index is 0.00000364. The molecule has 1 aliphatic heterocycles. The minimum atomic E-state index is -0.0363. The number of hydrogen-bond donors (Lipinski definition) is 3. The molecule has 2 atom stereocenters. The lowest BCUT2D eigenvalue weighted by molar-refractivity contribution is 0.131. The van der Waals surface area contributed by atoms with Gasteiger partial charge in [0, 0.05) is 37.6 Å². The van der Waals surface area contributed by atoms with Crippen LogP contribution in [-0.2, 0) is 4.74 Å². The smallest absolute Gasteiger partial charge is 0.191 e. The summed E-state index contributed by atoms with van der Waals surface area (Å²) in [6.45, 7) is 8.06. The third-order valence-corrected chi connectivity index (χ3v) is 4.99. The van der Waals surface area contributed by atoms with Crippen LogP contribution in [0.4, 0.5) is 0 Å². The van der Waals surface area contributed by atoms with E-state index in [1.165, 1.54) is 5.56 Å². The number of hydrogen-bond acceptors (Lipinski definition) is 4. The molecule has 0 amide bonds. The van der Waals surface area contributed by atoms with Gasteiger partial charge in [0.25, 0.3) is 0 Å². The number of methoxy groups -OCH3 is 1. The summed E-state index contributed by atoms with van der Waals surface area (Å²) in [6, 6.07) is 8.11. The van der Waals surface area contributed by atoms with Crippen LogP contribution in [0.5, 0.6) is 5.75 Å². The molecule has 1 fully saturated rings. The van der Waals surface area contributed by atoms with Gasteiger partial charge in [0.15, 0.2) is 5.96 Å². The Labute approximate surface area is 180 Å². The first-order chi connectivity index (χ1) is 12.6. The Morgan fingerprint density at radius 2 is 2.15 bits per heavy atom. The number of guanidine groups is 1. The maximum Gasteiger partial charge on any atom is 0.191 e. The van der Waals surface area contributed by atoms with Crippen molar-refractivity contribution < 1.29 is 14.6 Å². The molecule has 2 unspecified atom stereocenters. The van der Waals surface area contributed by atoms with E-state index in [4.69, 9.17) is 14.5 Å². The summed E-state index contributed by atoms with van der Waals surface area (Å²) >= 11 is 0. The fraction of sp³-hybridized carbons (Fsp3) is 0.650. The zero-order valence-corrected chi connectivity index (χ0v) is 19.0. The van der Waals surface area contributed by atoms with Gasteiger partial charge in [-0.1, -0.05) is 25.1 Å². The topological polar surface area (TPSA) is 75.1 Å². The number of aliphatic hydroxyl groups excluding tert-OH is 1. The number of para-hydroxylation sites is 1. The van der Waals surface area contributed by atoms with Crippen molar-refractivity contribution in [2.45, 2.75) is 32.6 Å². The molecule has 1 aliphatic rings. The Morgan fingerprint density at radius 3 is 2.78 bits per heavy atom. The Bertz CT molecular complexity index is 577. The summed E-state index contributed by atoms with van der Waals surface area (Å²) in [5, 5.41) is 16.1. The minimum absolute atomic E-state index is 0. The number of nitrogens with zero attached hydrogens (tertiary/aromatic N) is 1. The number of rotatable bonds is 9. The van der Waals surface area contributed by atoms with Crippen molar-refractivity contribution in [3.8, 4) is 5.75 Å². The van der Waals surface area contributed by atoms with Gasteiger partial charge in [-0.25, -0.2) is 0 Å². The number of aliphatic imine (C=N–C) groups is 1. The number of benzene rings is 1. The second-order valence-corrected chi connectivity index (χ2v) is 7.00. The first kappa shape index (κ1) is 24.0. The molecule has 6 nitrogen and oxygen atoms in total. The molecule has 3 N–H and O–H groups in total. The summed E-state index contributed by atoms with van der Waals surface area (Å²) in [6.07, 6.45) is 1.68. The minimum Gasteiger partial charge on any atom is -0.496 e. The highest BCUT2D eigenvalue weighted by Crippen LogP contribution is 2.32. The molecule has 7 heteroatoms. The second-order valence-electron chi connectivity index (χ2n) is 7.00. The summed E-state index contributed by atoms with van der Waals surface area (Å²) in [7, 11) is 1.70. The highest BCUT2D eigenvalue weighted by molar-refractivity contribution is 14.0. The predicted octanol–water partition coefficient (Wildman–Crippen LogP) is 2.76. The van der Waals surface area contributed by atoms with E-state index >= 15 is 0 Å². The fourth-order valence-electron chi connectivity index (χ4n) is 3.31. The lowest BCUT2D eigenvalue weighted by atomic mass is 9.84. The van der Waals surface area contributed by atoms with Crippen LogP contribution in [-0.4, -0.2) is 57.6 Å². The molecule has 154 valence electrons. The summed E-state index contributed by atoms with van der Waals surface area (Å²) < 4.78 is 11.0. The standard InChI is InChI=1S/C20H33N3O3.HI/c1-4-21-19(23-14-20(9-11-24)10-12-26-15-20)22-13-16(2)17-7-5-6-8-18(17)25-3;/h5-8,16,24H,4,9-15H2,1-3H3,(H2,21,22,23);1H. The molecule has 1 heterocycles. The van der Waals surface area contributed by atoms with Crippen LogP contribution in [0.25, 0.3) is 0 Å². The number of halogens is 1. The van der Waals surface area contributed by atoms with Gasteiger partial charge < -0.3 is 25.2 Å². The Hall–Kier alpha value is -1.06. The number of nitrogens with one attached hydrogen (secondary N) is 2. The Morgan fingerprint density at radius 1 is 1.37 bits per heavy atom. The van der Waals surface area contributed by atoms with E-state index in [1.807, 2.05) is 18.2 Å². The number of aliphatic hydroxyl groups is 1. The lowest BCUT2D eigenvalue weighted by Gasteiger charge is -2.25. The molecular weight excluding hydrogens is 457 g/mol. The average Bonchev–Trinajstić information content (AvgIpc) is 3.12. The quantitative estimate of drug-likeness (QED) is 0.282. The molecule has 1 aromatic carbocycles. The first-order valence-corrected chi connectivity index (χ1v) is 9.48. The van der Waals surface area contributed by atoms with Gasteiger partial charge in [0.05, 0.1) is 20.3 Å². The van der Waals surface area contributed by atoms with Crippen LogP contribution in [0.2, 0.25) is 0 Å². The molecule has 0 bridgehead atoms. The van der Waals surface area contributed by atoms with E-state index in [9.17, 15) is 5.11 Å². The summed E-state index contributed by atoms with van der Waals surface area (Å²) in [4.78, 5) is 4.77. The van der Waals surface area contributed by atoms with E-state index < -0.39 is 0 Å². The van der Waals surface area contributed by atoms with Crippen molar-refractivity contribution in [3.63, 3.8) is 0 Å². The monoisotopic (exact) mass is 491 g/mol. The summed E-state index contributed by atoms with van der Waals surface area (Å²) in [5.74, 6) is 2.00. The van der Waals surface area contributed by atoms with Gasteiger partial charge >= 0.3 is 0 Å². The molecule has 1 saturated heterocycles. The van der Waals surface area contributed by atoms with Gasteiger partial charge in [-0.15, -0.1) is 24.0 Å². The van der Waals surface area contributed by atoms with E-state index in [-0.39, 0.29) is 41.9 Å². The maximum absolute atomic E-state index is 9.36. The van der Waals surface area contributed by atoms with Crippen LogP contribution in [0, 0.1) is 5.41 Å².